The van der Waals surface area contributed by atoms with Crippen LogP contribution in [0.2, 0.25) is 0 Å². The van der Waals surface area contributed by atoms with Crippen LogP contribution in [-0.4, -0.2) is 18.1 Å². The van der Waals surface area contributed by atoms with Crippen LogP contribution >= 0.6 is 0 Å². The Labute approximate surface area is 158 Å². The lowest BCUT2D eigenvalue weighted by Crippen LogP contribution is -2.19. The first-order valence-electron chi connectivity index (χ1n) is 8.77. The van der Waals surface area contributed by atoms with Crippen molar-refractivity contribution in [3.63, 3.8) is 0 Å². The molecule has 0 amide bonds. The van der Waals surface area contributed by atoms with E-state index in [1.807, 2.05) is 12.1 Å². The monoisotopic (exact) mass is 393 g/mol. The molecule has 1 heterocycles. The van der Waals surface area contributed by atoms with Gasteiger partial charge in [-0.1, -0.05) is 12.1 Å². The van der Waals surface area contributed by atoms with E-state index in [2.05, 4.69) is 15.6 Å². The molecule has 0 fully saturated rings. The normalized spacial score (nSPS) is 11.7. The predicted molar refractivity (Wildman–Crippen MR) is 101 cm³/mol. The zero-order chi connectivity index (χ0) is 20.1. The van der Waals surface area contributed by atoms with Crippen LogP contribution in [0.5, 0.6) is 0 Å². The van der Waals surface area contributed by atoms with Gasteiger partial charge in [-0.05, 0) is 43.3 Å². The number of benzene rings is 2. The lowest BCUT2D eigenvalue weighted by Gasteiger charge is -2.11. The molecule has 0 atom stereocenters. The highest BCUT2D eigenvalue weighted by atomic mass is 19.4. The highest BCUT2D eigenvalue weighted by Crippen LogP contribution is 2.30. The number of hydrogen-bond donors (Lipinski definition) is 3. The number of aromatic nitrogens is 1. The fourth-order valence-electron chi connectivity index (χ4n) is 2.84. The maximum absolute atomic E-state index is 13.7. The zero-order valence-electron chi connectivity index (χ0n) is 14.9. The fraction of sp³-hybridized carbons (Fsp3) is 0.250. The minimum Gasteiger partial charge on any atom is -0.371 e. The molecule has 3 aromatic rings. The molecule has 3 N–H and O–H groups in total. The van der Waals surface area contributed by atoms with Crippen LogP contribution in [0.25, 0.3) is 10.9 Å². The molecule has 148 valence electrons. The van der Waals surface area contributed by atoms with Gasteiger partial charge in [0.15, 0.2) is 5.43 Å². The molecule has 0 bridgehead atoms. The average molecular weight is 393 g/mol. The molecule has 0 aliphatic heterocycles. The first-order valence-corrected chi connectivity index (χ1v) is 8.77. The van der Waals surface area contributed by atoms with E-state index in [0.29, 0.717) is 30.7 Å². The van der Waals surface area contributed by atoms with Gasteiger partial charge in [-0.2, -0.15) is 13.2 Å². The fourth-order valence-corrected chi connectivity index (χ4v) is 2.84. The number of pyridine rings is 1. The topological polar surface area (TPSA) is 56.9 Å². The lowest BCUT2D eigenvalue weighted by molar-refractivity contribution is -0.137. The number of fused-ring (bicyclic) bond motifs is 1. The molecule has 0 saturated heterocycles. The molecule has 0 radical (unpaired) electrons. The molecule has 1 aromatic heterocycles. The summed E-state index contributed by atoms with van der Waals surface area (Å²) in [6.45, 7) is 1.01. The molecule has 3 rings (SSSR count). The number of anilines is 1. The number of nitrogens with one attached hydrogen (secondary N) is 3. The van der Waals surface area contributed by atoms with Gasteiger partial charge in [0.1, 0.15) is 11.6 Å². The molecule has 0 aliphatic carbocycles. The van der Waals surface area contributed by atoms with Gasteiger partial charge in [0.05, 0.1) is 11.1 Å². The molecule has 28 heavy (non-hydrogen) atoms. The van der Waals surface area contributed by atoms with Crippen molar-refractivity contribution in [1.82, 2.24) is 10.3 Å². The van der Waals surface area contributed by atoms with Crippen molar-refractivity contribution in [1.29, 1.82) is 0 Å². The van der Waals surface area contributed by atoms with Crippen molar-refractivity contribution in [3.8, 4) is 0 Å². The number of halogens is 4. The number of alkyl halides is 3. The Morgan fingerprint density at radius 3 is 2.57 bits per heavy atom. The average Bonchev–Trinajstić information content (AvgIpc) is 2.65. The summed E-state index contributed by atoms with van der Waals surface area (Å²) < 4.78 is 51.8. The maximum Gasteiger partial charge on any atom is 0.416 e. The Morgan fingerprint density at radius 1 is 1.00 bits per heavy atom. The van der Waals surface area contributed by atoms with Crippen LogP contribution in [-0.2, 0) is 12.7 Å². The van der Waals surface area contributed by atoms with Gasteiger partial charge in [-0.3, -0.25) is 4.79 Å². The van der Waals surface area contributed by atoms with E-state index in [1.165, 1.54) is 6.07 Å². The van der Waals surface area contributed by atoms with Crippen molar-refractivity contribution in [2.24, 2.45) is 0 Å². The van der Waals surface area contributed by atoms with Gasteiger partial charge >= 0.3 is 6.18 Å². The Bertz CT molecular complexity index is 1010. The third kappa shape index (κ3) is 4.89. The van der Waals surface area contributed by atoms with Crippen molar-refractivity contribution < 1.29 is 17.6 Å². The summed E-state index contributed by atoms with van der Waals surface area (Å²) in [6.07, 6.45) is -3.86. The van der Waals surface area contributed by atoms with Gasteiger partial charge in [-0.15, -0.1) is 0 Å². The molecular weight excluding hydrogens is 374 g/mol. The van der Waals surface area contributed by atoms with Crippen LogP contribution in [0, 0.1) is 5.82 Å². The Kier molecular flexibility index (Phi) is 5.99. The van der Waals surface area contributed by atoms with Gasteiger partial charge in [-0.25, -0.2) is 4.39 Å². The molecule has 0 saturated carbocycles. The van der Waals surface area contributed by atoms with Crippen LogP contribution < -0.4 is 16.1 Å². The Hall–Kier alpha value is -2.87. The molecule has 0 aliphatic rings. The number of H-pyrrole nitrogens is 1. The van der Waals surface area contributed by atoms with E-state index in [0.717, 1.165) is 23.7 Å². The van der Waals surface area contributed by atoms with Crippen molar-refractivity contribution >= 4 is 16.7 Å². The standard InChI is InChI=1S/C20H19F4N3O/c21-16-7-6-14(20(22,23)24)10-13(16)12-25-8-3-9-26-19-11-18(28)15-4-1-2-5-17(15)27-19/h1-2,4-7,10-11,25H,3,8-9,12H2,(H2,26,27,28). The van der Waals surface area contributed by atoms with E-state index < -0.39 is 17.6 Å². The van der Waals surface area contributed by atoms with E-state index in [-0.39, 0.29) is 17.5 Å². The first-order chi connectivity index (χ1) is 13.3. The van der Waals surface area contributed by atoms with E-state index in [4.69, 9.17) is 0 Å². The lowest BCUT2D eigenvalue weighted by atomic mass is 10.1. The number of para-hydroxylation sites is 1. The molecule has 8 heteroatoms. The third-order valence-corrected chi connectivity index (χ3v) is 4.27. The van der Waals surface area contributed by atoms with E-state index >= 15 is 0 Å². The third-order valence-electron chi connectivity index (χ3n) is 4.27. The van der Waals surface area contributed by atoms with Crippen molar-refractivity contribution in [3.05, 3.63) is 75.7 Å². The second-order valence-corrected chi connectivity index (χ2v) is 6.35. The largest absolute Gasteiger partial charge is 0.416 e. The van der Waals surface area contributed by atoms with Crippen LogP contribution in [0.3, 0.4) is 0 Å². The Morgan fingerprint density at radius 2 is 1.79 bits per heavy atom. The summed E-state index contributed by atoms with van der Waals surface area (Å²) in [7, 11) is 0. The second kappa shape index (κ2) is 8.43. The molecule has 0 spiro atoms. The van der Waals surface area contributed by atoms with Crippen LogP contribution in [0.15, 0.2) is 53.3 Å². The van der Waals surface area contributed by atoms with Crippen molar-refractivity contribution in [2.45, 2.75) is 19.1 Å². The minimum absolute atomic E-state index is 0.00254. The molecule has 0 unspecified atom stereocenters. The summed E-state index contributed by atoms with van der Waals surface area (Å²) >= 11 is 0. The van der Waals surface area contributed by atoms with Gasteiger partial charge < -0.3 is 15.6 Å². The van der Waals surface area contributed by atoms with Gasteiger partial charge in [0.2, 0.25) is 0 Å². The van der Waals surface area contributed by atoms with E-state index in [1.54, 1.807) is 12.1 Å². The maximum atomic E-state index is 13.7. The summed E-state index contributed by atoms with van der Waals surface area (Å²) in [5, 5.41) is 6.64. The number of aromatic amines is 1. The number of rotatable bonds is 7. The molecule has 2 aromatic carbocycles. The first kappa shape index (κ1) is 19.9. The SMILES string of the molecule is O=c1cc(NCCCNCc2cc(C(F)(F)F)ccc2F)[nH]c2ccccc12. The zero-order valence-corrected chi connectivity index (χ0v) is 14.9. The van der Waals surface area contributed by atoms with Crippen LogP contribution in [0.4, 0.5) is 23.4 Å². The summed E-state index contributed by atoms with van der Waals surface area (Å²) in [6, 6.07) is 11.0. The molecular formula is C20H19F4N3O. The second-order valence-electron chi connectivity index (χ2n) is 6.35. The predicted octanol–water partition coefficient (Wildman–Crippen LogP) is 4.28. The highest BCUT2D eigenvalue weighted by Gasteiger charge is 2.30. The van der Waals surface area contributed by atoms with Gasteiger partial charge in [0, 0.05) is 30.1 Å². The number of hydrogen-bond acceptors (Lipinski definition) is 3. The van der Waals surface area contributed by atoms with Crippen molar-refractivity contribution in [2.75, 3.05) is 18.4 Å². The Balaban J connectivity index is 1.48. The van der Waals surface area contributed by atoms with Gasteiger partial charge in [0.25, 0.3) is 0 Å². The minimum atomic E-state index is -4.50. The quantitative estimate of drug-likeness (QED) is 0.415. The van der Waals surface area contributed by atoms with Crippen LogP contribution in [0.1, 0.15) is 17.5 Å². The highest BCUT2D eigenvalue weighted by molar-refractivity contribution is 5.79. The summed E-state index contributed by atoms with van der Waals surface area (Å²) in [4.78, 5) is 15.2. The summed E-state index contributed by atoms with van der Waals surface area (Å²) in [5.41, 5.74) is -0.250. The van der Waals surface area contributed by atoms with E-state index in [9.17, 15) is 22.4 Å². The molecule has 4 nitrogen and oxygen atoms in total. The summed E-state index contributed by atoms with van der Waals surface area (Å²) in [5.74, 6) is -0.0833. The smallest absolute Gasteiger partial charge is 0.371 e.